The second-order valence-electron chi connectivity index (χ2n) is 4.09. The van der Waals surface area contributed by atoms with Gasteiger partial charge in [0.2, 0.25) is 5.91 Å². The Morgan fingerprint density at radius 1 is 1.43 bits per heavy atom. The summed E-state index contributed by atoms with van der Waals surface area (Å²) in [5.41, 5.74) is 1.29. The van der Waals surface area contributed by atoms with Gasteiger partial charge in [0.15, 0.2) is 5.17 Å². The maximum atomic E-state index is 11.6. The average molecular weight is 306 g/mol. The average Bonchev–Trinajstić information content (AvgIpc) is 2.91. The predicted octanol–water partition coefficient (Wildman–Crippen LogP) is -0.0384. The number of nitrogens with one attached hydrogen (secondary N) is 2. The highest BCUT2D eigenvalue weighted by atomic mass is 32.2. The molecule has 110 valence electrons. The van der Waals surface area contributed by atoms with E-state index in [0.29, 0.717) is 16.5 Å². The molecule has 0 unspecified atom stereocenters. The van der Waals surface area contributed by atoms with Crippen LogP contribution in [0, 0.1) is 0 Å². The largest absolute Gasteiger partial charge is 0.395 e. The summed E-state index contributed by atoms with van der Waals surface area (Å²) >= 11 is 1.30. The van der Waals surface area contributed by atoms with E-state index in [9.17, 15) is 9.59 Å². The molecule has 0 aromatic heterocycles. The van der Waals surface area contributed by atoms with Gasteiger partial charge in [-0.3, -0.25) is 9.59 Å². The highest BCUT2D eigenvalue weighted by molar-refractivity contribution is 8.15. The Bertz CT molecular complexity index is 584. The number of rotatable bonds is 5. The topological polar surface area (TPSA) is 103 Å². The van der Waals surface area contributed by atoms with E-state index < -0.39 is 0 Å². The van der Waals surface area contributed by atoms with Crippen LogP contribution in [-0.2, 0) is 4.79 Å². The molecule has 2 rings (SSSR count). The Morgan fingerprint density at radius 2 is 2.19 bits per heavy atom. The molecular formula is C13H14N4O3S. The third kappa shape index (κ3) is 4.69. The van der Waals surface area contributed by atoms with Gasteiger partial charge >= 0.3 is 0 Å². The van der Waals surface area contributed by atoms with Crippen LogP contribution in [0.5, 0.6) is 0 Å². The van der Waals surface area contributed by atoms with Crippen LogP contribution in [0.4, 0.5) is 0 Å². The zero-order valence-electron chi connectivity index (χ0n) is 11.1. The number of aliphatic hydroxyl groups excluding tert-OH is 1. The lowest BCUT2D eigenvalue weighted by Gasteiger charge is -2.02. The molecule has 0 saturated carbocycles. The van der Waals surface area contributed by atoms with Crippen LogP contribution < -0.4 is 10.6 Å². The lowest BCUT2D eigenvalue weighted by molar-refractivity contribution is -0.116. The molecular weight excluding hydrogens is 292 g/mol. The molecule has 7 nitrogen and oxygen atoms in total. The Morgan fingerprint density at radius 3 is 2.81 bits per heavy atom. The Kier molecular flexibility index (Phi) is 5.47. The Labute approximate surface area is 125 Å². The van der Waals surface area contributed by atoms with Crippen molar-refractivity contribution in [1.29, 1.82) is 0 Å². The molecule has 1 heterocycles. The van der Waals surface area contributed by atoms with E-state index in [4.69, 9.17) is 5.11 Å². The van der Waals surface area contributed by atoms with Gasteiger partial charge in [-0.25, -0.2) is 0 Å². The minimum Gasteiger partial charge on any atom is -0.395 e. The first-order valence-electron chi connectivity index (χ1n) is 6.22. The molecule has 1 saturated heterocycles. The summed E-state index contributed by atoms with van der Waals surface area (Å²) in [4.78, 5) is 22.6. The molecule has 1 aromatic rings. The fourth-order valence-electron chi connectivity index (χ4n) is 1.52. The molecule has 0 atom stereocenters. The van der Waals surface area contributed by atoms with Gasteiger partial charge in [0, 0.05) is 12.1 Å². The summed E-state index contributed by atoms with van der Waals surface area (Å²) in [7, 11) is 0. The van der Waals surface area contributed by atoms with Crippen LogP contribution in [-0.4, -0.2) is 47.2 Å². The minimum atomic E-state index is -0.238. The molecule has 21 heavy (non-hydrogen) atoms. The lowest BCUT2D eigenvalue weighted by atomic mass is 10.1. The smallest absolute Gasteiger partial charge is 0.251 e. The van der Waals surface area contributed by atoms with Crippen LogP contribution >= 0.6 is 11.8 Å². The molecule has 1 aliphatic rings. The monoisotopic (exact) mass is 306 g/mol. The molecule has 2 amide bonds. The third-order valence-corrected chi connectivity index (χ3v) is 3.38. The van der Waals surface area contributed by atoms with Crippen molar-refractivity contribution in [3.8, 4) is 0 Å². The van der Waals surface area contributed by atoms with Crippen molar-refractivity contribution < 1.29 is 14.7 Å². The third-order valence-electron chi connectivity index (χ3n) is 2.51. The molecule has 0 bridgehead atoms. The highest BCUT2D eigenvalue weighted by Gasteiger charge is 2.15. The van der Waals surface area contributed by atoms with Gasteiger partial charge in [-0.05, 0) is 17.7 Å². The minimum absolute atomic E-state index is 0.0767. The van der Waals surface area contributed by atoms with Crippen LogP contribution in [0.1, 0.15) is 15.9 Å². The van der Waals surface area contributed by atoms with Crippen molar-refractivity contribution in [2.75, 3.05) is 18.9 Å². The predicted molar refractivity (Wildman–Crippen MR) is 81.5 cm³/mol. The number of thioether (sulfide) groups is 1. The highest BCUT2D eigenvalue weighted by Crippen LogP contribution is 2.08. The maximum Gasteiger partial charge on any atom is 0.251 e. The zero-order chi connectivity index (χ0) is 15.1. The van der Waals surface area contributed by atoms with E-state index >= 15 is 0 Å². The molecule has 1 aromatic carbocycles. The van der Waals surface area contributed by atoms with Gasteiger partial charge in [0.05, 0.1) is 18.6 Å². The number of aliphatic hydroxyl groups is 1. The van der Waals surface area contributed by atoms with Crippen molar-refractivity contribution in [3.63, 3.8) is 0 Å². The molecule has 0 radical (unpaired) electrons. The summed E-state index contributed by atoms with van der Waals surface area (Å²) < 4.78 is 0. The molecule has 1 fully saturated rings. The summed E-state index contributed by atoms with van der Waals surface area (Å²) in [6, 6.07) is 6.79. The Balaban J connectivity index is 1.93. The van der Waals surface area contributed by atoms with Crippen LogP contribution in [0.15, 0.2) is 34.5 Å². The van der Waals surface area contributed by atoms with Crippen molar-refractivity contribution in [2.24, 2.45) is 10.2 Å². The quantitative estimate of drug-likeness (QED) is 0.524. The van der Waals surface area contributed by atoms with Gasteiger partial charge in [-0.2, -0.15) is 5.10 Å². The van der Waals surface area contributed by atoms with Crippen LogP contribution in [0.25, 0.3) is 0 Å². The van der Waals surface area contributed by atoms with Gasteiger partial charge in [0.25, 0.3) is 5.91 Å². The second-order valence-corrected chi connectivity index (χ2v) is 5.05. The summed E-state index contributed by atoms with van der Waals surface area (Å²) in [6.07, 6.45) is 1.54. The van der Waals surface area contributed by atoms with Gasteiger partial charge in [0.1, 0.15) is 0 Å². The first-order valence-corrected chi connectivity index (χ1v) is 7.20. The number of carbonyl (C=O) groups is 2. The molecule has 8 heteroatoms. The van der Waals surface area contributed by atoms with Gasteiger partial charge in [-0.15, -0.1) is 5.10 Å². The molecule has 0 spiro atoms. The van der Waals surface area contributed by atoms with E-state index in [1.807, 2.05) is 0 Å². The number of amidine groups is 1. The number of hydrogen-bond donors (Lipinski definition) is 3. The molecule has 0 aliphatic carbocycles. The number of nitrogens with zero attached hydrogens (tertiary/aromatic N) is 2. The van der Waals surface area contributed by atoms with E-state index in [0.717, 1.165) is 5.56 Å². The normalized spacial score (nSPS) is 16.4. The van der Waals surface area contributed by atoms with E-state index in [-0.39, 0.29) is 25.0 Å². The van der Waals surface area contributed by atoms with Crippen molar-refractivity contribution in [2.45, 2.75) is 0 Å². The number of carbonyl (C=O) groups excluding carboxylic acids is 2. The van der Waals surface area contributed by atoms with Gasteiger partial charge in [-0.1, -0.05) is 23.9 Å². The number of hydrogen-bond acceptors (Lipinski definition) is 6. The summed E-state index contributed by atoms with van der Waals surface area (Å²) in [5, 5.41) is 22.0. The Hall–Kier alpha value is -2.19. The van der Waals surface area contributed by atoms with E-state index in [1.54, 1.807) is 24.3 Å². The van der Waals surface area contributed by atoms with Crippen molar-refractivity contribution >= 4 is 35.0 Å². The zero-order valence-corrected chi connectivity index (χ0v) is 11.9. The van der Waals surface area contributed by atoms with Crippen molar-refractivity contribution in [1.82, 2.24) is 10.6 Å². The summed E-state index contributed by atoms with van der Waals surface area (Å²) in [5.74, 6) is 0.0523. The number of benzene rings is 1. The van der Waals surface area contributed by atoms with Crippen LogP contribution in [0.2, 0.25) is 0 Å². The van der Waals surface area contributed by atoms with Crippen molar-refractivity contribution in [3.05, 3.63) is 35.4 Å². The van der Waals surface area contributed by atoms with Crippen LogP contribution in [0.3, 0.4) is 0 Å². The first-order chi connectivity index (χ1) is 10.2. The standard InChI is InChI=1S/C13H14N4O3S/c18-6-5-14-12(20)10-3-1-9(2-4-10)7-15-17-13-16-11(19)8-21-13/h1-4,7,18H,5-6,8H2,(H,14,20)(H,16,17,19). The second kappa shape index (κ2) is 7.55. The molecule has 3 N–H and O–H groups in total. The lowest BCUT2D eigenvalue weighted by Crippen LogP contribution is -2.26. The van der Waals surface area contributed by atoms with Gasteiger partial charge < -0.3 is 15.7 Å². The number of amides is 2. The van der Waals surface area contributed by atoms with E-state index in [2.05, 4.69) is 20.8 Å². The molecule has 1 aliphatic heterocycles. The SMILES string of the molecule is O=C1CSC(=NN=Cc2ccc(C(=O)NCCO)cc2)N1. The van der Waals surface area contributed by atoms with E-state index in [1.165, 1.54) is 18.0 Å². The summed E-state index contributed by atoms with van der Waals surface area (Å²) in [6.45, 7) is 0.133. The first kappa shape index (κ1) is 15.2. The maximum absolute atomic E-state index is 11.6. The fourth-order valence-corrected chi connectivity index (χ4v) is 2.15. The fraction of sp³-hybridized carbons (Fsp3) is 0.231.